The molecule has 0 radical (unpaired) electrons. The summed E-state index contributed by atoms with van der Waals surface area (Å²) < 4.78 is 0. The van der Waals surface area contributed by atoms with Crippen LogP contribution in [0.4, 0.5) is 0 Å². The number of thioether (sulfide) groups is 1. The Bertz CT molecular complexity index is 528. The molecule has 130 valence electrons. The van der Waals surface area contributed by atoms with E-state index in [1.165, 1.54) is 18.2 Å². The molecule has 0 spiro atoms. The Kier molecular flexibility index (Phi) is 9.09. The van der Waals surface area contributed by atoms with Gasteiger partial charge in [-0.05, 0) is 57.5 Å². The summed E-state index contributed by atoms with van der Waals surface area (Å²) in [5.74, 6) is 0.733. The van der Waals surface area contributed by atoms with Gasteiger partial charge in [-0.1, -0.05) is 23.2 Å². The van der Waals surface area contributed by atoms with Crippen LogP contribution in [0.2, 0.25) is 10.0 Å². The van der Waals surface area contributed by atoms with Crippen LogP contribution >= 0.6 is 47.4 Å². The second-order valence-corrected chi connectivity index (χ2v) is 7.91. The predicted molar refractivity (Wildman–Crippen MR) is 102 cm³/mol. The topological polar surface area (TPSA) is 32.3 Å². The number of carbonyl (C=O) groups excluding carboxylic acids is 1. The van der Waals surface area contributed by atoms with Crippen molar-refractivity contribution >= 4 is 53.3 Å². The number of likely N-dealkylation sites (tertiary alicyclic amines) is 1. The number of benzene rings is 1. The van der Waals surface area contributed by atoms with Gasteiger partial charge in [-0.2, -0.15) is 0 Å². The average molecular weight is 398 g/mol. The molecule has 1 fully saturated rings. The first-order valence-electron chi connectivity index (χ1n) is 7.56. The van der Waals surface area contributed by atoms with E-state index in [9.17, 15) is 4.79 Å². The van der Waals surface area contributed by atoms with Gasteiger partial charge in [0.1, 0.15) is 0 Å². The molecule has 1 aromatic carbocycles. The van der Waals surface area contributed by atoms with Crippen molar-refractivity contribution in [3.8, 4) is 0 Å². The zero-order valence-electron chi connectivity index (χ0n) is 13.4. The van der Waals surface area contributed by atoms with E-state index in [4.69, 9.17) is 23.2 Å². The second kappa shape index (κ2) is 10.00. The molecule has 2 unspecified atom stereocenters. The Hall–Kier alpha value is -0.130. The molecule has 1 aromatic rings. The van der Waals surface area contributed by atoms with Crippen LogP contribution in [0.1, 0.15) is 19.8 Å². The first-order chi connectivity index (χ1) is 10.5. The van der Waals surface area contributed by atoms with Gasteiger partial charge < -0.3 is 10.2 Å². The van der Waals surface area contributed by atoms with Crippen molar-refractivity contribution in [2.75, 3.05) is 26.7 Å². The fourth-order valence-electron chi connectivity index (χ4n) is 2.79. The van der Waals surface area contributed by atoms with Gasteiger partial charge in [0.15, 0.2) is 0 Å². The van der Waals surface area contributed by atoms with E-state index in [1.54, 1.807) is 12.1 Å². The van der Waals surface area contributed by atoms with E-state index in [-0.39, 0.29) is 23.6 Å². The van der Waals surface area contributed by atoms with Gasteiger partial charge in [0.25, 0.3) is 0 Å². The molecular formula is C16H23Cl3N2OS. The van der Waals surface area contributed by atoms with Crippen LogP contribution in [-0.4, -0.2) is 42.7 Å². The molecular weight excluding hydrogens is 375 g/mol. The molecule has 0 aromatic heterocycles. The van der Waals surface area contributed by atoms with Crippen LogP contribution in [0.3, 0.4) is 0 Å². The summed E-state index contributed by atoms with van der Waals surface area (Å²) in [6, 6.07) is 5.35. The average Bonchev–Trinajstić information content (AvgIpc) is 2.50. The molecule has 1 amide bonds. The number of hydrogen-bond acceptors (Lipinski definition) is 3. The van der Waals surface area contributed by atoms with Crippen LogP contribution in [0.5, 0.6) is 0 Å². The summed E-state index contributed by atoms with van der Waals surface area (Å²) in [7, 11) is 1.96. The van der Waals surface area contributed by atoms with Crippen molar-refractivity contribution in [3.05, 3.63) is 28.2 Å². The Morgan fingerprint density at radius 2 is 2.22 bits per heavy atom. The lowest BCUT2D eigenvalue weighted by atomic mass is 9.98. The molecule has 0 saturated carbocycles. The first-order valence-corrected chi connectivity index (χ1v) is 9.20. The van der Waals surface area contributed by atoms with Gasteiger partial charge in [-0.15, -0.1) is 24.2 Å². The molecule has 1 N–H and O–H groups in total. The fourth-order valence-corrected chi connectivity index (χ4v) is 4.28. The Morgan fingerprint density at radius 1 is 1.48 bits per heavy atom. The normalized spacial score (nSPS) is 19.1. The minimum absolute atomic E-state index is 0. The third-order valence-electron chi connectivity index (χ3n) is 3.87. The highest BCUT2D eigenvalue weighted by atomic mass is 35.5. The third-order valence-corrected chi connectivity index (χ3v) is 5.69. The number of piperidine rings is 1. The summed E-state index contributed by atoms with van der Waals surface area (Å²) in [5.41, 5.74) is 0. The lowest BCUT2D eigenvalue weighted by Crippen LogP contribution is -2.45. The van der Waals surface area contributed by atoms with Crippen molar-refractivity contribution in [1.82, 2.24) is 10.2 Å². The lowest BCUT2D eigenvalue weighted by molar-refractivity contribution is -0.132. The molecule has 1 saturated heterocycles. The highest BCUT2D eigenvalue weighted by Crippen LogP contribution is 2.33. The largest absolute Gasteiger partial charge is 0.341 e. The first kappa shape index (κ1) is 20.9. The molecule has 23 heavy (non-hydrogen) atoms. The van der Waals surface area contributed by atoms with Crippen molar-refractivity contribution in [1.29, 1.82) is 0 Å². The van der Waals surface area contributed by atoms with Crippen LogP contribution in [0, 0.1) is 5.92 Å². The lowest BCUT2D eigenvalue weighted by Gasteiger charge is -2.34. The quantitative estimate of drug-likeness (QED) is 0.749. The van der Waals surface area contributed by atoms with Crippen molar-refractivity contribution in [2.24, 2.45) is 5.92 Å². The molecule has 2 atom stereocenters. The van der Waals surface area contributed by atoms with E-state index < -0.39 is 0 Å². The van der Waals surface area contributed by atoms with Gasteiger partial charge in [-0.25, -0.2) is 0 Å². The Balaban J connectivity index is 0.00000264. The van der Waals surface area contributed by atoms with Crippen LogP contribution in [-0.2, 0) is 4.79 Å². The minimum Gasteiger partial charge on any atom is -0.341 e. The summed E-state index contributed by atoms with van der Waals surface area (Å²) >= 11 is 13.7. The van der Waals surface area contributed by atoms with Gasteiger partial charge in [0.2, 0.25) is 5.91 Å². The van der Waals surface area contributed by atoms with Crippen LogP contribution < -0.4 is 5.32 Å². The second-order valence-electron chi connectivity index (χ2n) is 5.69. The maximum Gasteiger partial charge on any atom is 0.235 e. The molecule has 1 aliphatic rings. The van der Waals surface area contributed by atoms with E-state index in [0.29, 0.717) is 16.0 Å². The number of rotatable bonds is 5. The summed E-state index contributed by atoms with van der Waals surface area (Å²) in [6.45, 7) is 4.60. The van der Waals surface area contributed by atoms with Crippen molar-refractivity contribution in [3.63, 3.8) is 0 Å². The van der Waals surface area contributed by atoms with Gasteiger partial charge >= 0.3 is 0 Å². The molecule has 0 bridgehead atoms. The standard InChI is InChI=1S/C16H22Cl2N2OS.ClH/c1-11(22-15-8-13(17)5-6-14(15)18)16(21)20-7-3-4-12(10-20)9-19-2;/h5-6,8,11-12,19H,3-4,7,9-10H2,1-2H3;1H. The van der Waals surface area contributed by atoms with E-state index in [2.05, 4.69) is 5.32 Å². The number of amides is 1. The van der Waals surface area contributed by atoms with E-state index in [1.807, 2.05) is 24.9 Å². The molecule has 1 heterocycles. The molecule has 7 heteroatoms. The van der Waals surface area contributed by atoms with Crippen LogP contribution in [0.15, 0.2) is 23.1 Å². The smallest absolute Gasteiger partial charge is 0.235 e. The highest BCUT2D eigenvalue weighted by Gasteiger charge is 2.27. The van der Waals surface area contributed by atoms with Gasteiger partial charge in [-0.3, -0.25) is 4.79 Å². The minimum atomic E-state index is -0.163. The molecule has 2 rings (SSSR count). The number of carbonyl (C=O) groups is 1. The monoisotopic (exact) mass is 396 g/mol. The summed E-state index contributed by atoms with van der Waals surface area (Å²) in [4.78, 5) is 15.5. The van der Waals surface area contributed by atoms with Gasteiger partial charge in [0.05, 0.1) is 10.3 Å². The number of hydrogen-bond donors (Lipinski definition) is 1. The van der Waals surface area contributed by atoms with Crippen molar-refractivity contribution in [2.45, 2.75) is 29.9 Å². The number of nitrogens with zero attached hydrogens (tertiary/aromatic N) is 1. The predicted octanol–water partition coefficient (Wildman–Crippen LogP) is 4.35. The maximum atomic E-state index is 12.7. The maximum absolute atomic E-state index is 12.7. The molecule has 1 aliphatic heterocycles. The summed E-state index contributed by atoms with van der Waals surface area (Å²) in [5, 5.41) is 4.32. The zero-order valence-corrected chi connectivity index (χ0v) is 16.5. The SMILES string of the molecule is CNCC1CCCN(C(=O)C(C)Sc2cc(Cl)ccc2Cl)C1.Cl. The Morgan fingerprint density at radius 3 is 2.91 bits per heavy atom. The fraction of sp³-hybridized carbons (Fsp3) is 0.562. The highest BCUT2D eigenvalue weighted by molar-refractivity contribution is 8.00. The van der Waals surface area contributed by atoms with Crippen LogP contribution in [0.25, 0.3) is 0 Å². The van der Waals surface area contributed by atoms with E-state index in [0.717, 1.165) is 31.0 Å². The summed E-state index contributed by atoms with van der Waals surface area (Å²) in [6.07, 6.45) is 2.26. The van der Waals surface area contributed by atoms with Crippen molar-refractivity contribution < 1.29 is 4.79 Å². The Labute approximate surface area is 158 Å². The number of nitrogens with one attached hydrogen (secondary N) is 1. The zero-order chi connectivity index (χ0) is 16.1. The molecule has 0 aliphatic carbocycles. The van der Waals surface area contributed by atoms with E-state index >= 15 is 0 Å². The molecule has 3 nitrogen and oxygen atoms in total. The number of halogens is 3. The third kappa shape index (κ3) is 6.02. The van der Waals surface area contributed by atoms with Gasteiger partial charge in [0, 0.05) is 23.0 Å².